The minimum atomic E-state index is -0.248. The summed E-state index contributed by atoms with van der Waals surface area (Å²) < 4.78 is 5.02. The maximum Gasteiger partial charge on any atom is 0.302 e. The van der Waals surface area contributed by atoms with Crippen molar-refractivity contribution >= 4 is 11.7 Å². The first kappa shape index (κ1) is 14.6. The summed E-state index contributed by atoms with van der Waals surface area (Å²) in [5.74, 6) is -0.248. The summed E-state index contributed by atoms with van der Waals surface area (Å²) in [6, 6.07) is 4.12. The average molecular weight is 249 g/mol. The number of carbonyl (C=O) groups is 1. The van der Waals surface area contributed by atoms with Crippen molar-refractivity contribution in [2.75, 3.05) is 5.32 Å². The van der Waals surface area contributed by atoms with Crippen LogP contribution in [0.15, 0.2) is 12.1 Å². The van der Waals surface area contributed by atoms with E-state index in [9.17, 15) is 4.79 Å². The number of benzene rings is 1. The number of hydrogen-bond donors (Lipinski definition) is 1. The Labute approximate surface area is 110 Å². The molecule has 100 valence electrons. The van der Waals surface area contributed by atoms with Crippen LogP contribution in [0.25, 0.3) is 0 Å². The number of nitrogens with one attached hydrogen (secondary N) is 1. The van der Waals surface area contributed by atoms with Gasteiger partial charge in [-0.05, 0) is 51.3 Å². The molecule has 0 saturated heterocycles. The molecule has 18 heavy (non-hydrogen) atoms. The van der Waals surface area contributed by atoms with Crippen LogP contribution in [-0.4, -0.2) is 11.5 Å². The molecule has 0 saturated carbocycles. The number of aryl methyl sites for hydroxylation is 2. The van der Waals surface area contributed by atoms with Gasteiger partial charge in [0.2, 0.25) is 0 Å². The minimum Gasteiger partial charge on any atom is -0.461 e. The van der Waals surface area contributed by atoms with Crippen LogP contribution in [-0.2, 0) is 16.1 Å². The van der Waals surface area contributed by atoms with E-state index < -0.39 is 0 Å². The number of ether oxygens (including phenoxy) is 1. The third-order valence-corrected chi connectivity index (χ3v) is 2.53. The summed E-state index contributed by atoms with van der Waals surface area (Å²) in [4.78, 5) is 10.8. The molecule has 1 rings (SSSR count). The Morgan fingerprint density at radius 3 is 2.11 bits per heavy atom. The quantitative estimate of drug-likeness (QED) is 0.832. The SMILES string of the molecule is CC(=O)OCc1cc(C)c(NC(C)(C)C)c(C)c1. The predicted octanol–water partition coefficient (Wildman–Crippen LogP) is 3.58. The second-order valence-corrected chi connectivity index (χ2v) is 5.76. The van der Waals surface area contributed by atoms with E-state index in [0.29, 0.717) is 6.61 Å². The first-order chi connectivity index (χ1) is 8.19. The molecule has 0 aliphatic carbocycles. The summed E-state index contributed by atoms with van der Waals surface area (Å²) in [6.07, 6.45) is 0. The Morgan fingerprint density at radius 2 is 1.72 bits per heavy atom. The van der Waals surface area contributed by atoms with Gasteiger partial charge in [-0.3, -0.25) is 4.79 Å². The summed E-state index contributed by atoms with van der Waals surface area (Å²) >= 11 is 0. The minimum absolute atomic E-state index is 0.0346. The van der Waals surface area contributed by atoms with Gasteiger partial charge in [-0.1, -0.05) is 12.1 Å². The van der Waals surface area contributed by atoms with Gasteiger partial charge in [0.15, 0.2) is 0 Å². The highest BCUT2D eigenvalue weighted by Crippen LogP contribution is 2.25. The Hall–Kier alpha value is -1.51. The summed E-state index contributed by atoms with van der Waals surface area (Å²) in [7, 11) is 0. The molecule has 0 fully saturated rings. The van der Waals surface area contributed by atoms with Crippen molar-refractivity contribution in [2.24, 2.45) is 0 Å². The van der Waals surface area contributed by atoms with Crippen molar-refractivity contribution in [3.63, 3.8) is 0 Å². The van der Waals surface area contributed by atoms with Gasteiger partial charge in [0, 0.05) is 18.2 Å². The second kappa shape index (κ2) is 5.42. The molecule has 1 aromatic carbocycles. The van der Waals surface area contributed by atoms with Crippen LogP contribution < -0.4 is 5.32 Å². The van der Waals surface area contributed by atoms with Crippen molar-refractivity contribution in [3.8, 4) is 0 Å². The smallest absolute Gasteiger partial charge is 0.302 e. The molecule has 0 bridgehead atoms. The molecule has 1 N–H and O–H groups in total. The molecule has 0 amide bonds. The Bertz CT molecular complexity index is 421. The fraction of sp³-hybridized carbons (Fsp3) is 0.533. The number of esters is 1. The number of hydrogen-bond acceptors (Lipinski definition) is 3. The van der Waals surface area contributed by atoms with Gasteiger partial charge < -0.3 is 10.1 Å². The molecule has 0 radical (unpaired) electrons. The average Bonchev–Trinajstić information content (AvgIpc) is 2.19. The zero-order valence-corrected chi connectivity index (χ0v) is 12.2. The van der Waals surface area contributed by atoms with E-state index in [0.717, 1.165) is 11.3 Å². The largest absolute Gasteiger partial charge is 0.461 e. The highest BCUT2D eigenvalue weighted by atomic mass is 16.5. The normalized spacial score (nSPS) is 11.2. The molecular weight excluding hydrogens is 226 g/mol. The number of rotatable bonds is 3. The van der Waals surface area contributed by atoms with Gasteiger partial charge >= 0.3 is 5.97 Å². The zero-order valence-electron chi connectivity index (χ0n) is 12.2. The van der Waals surface area contributed by atoms with Crippen LogP contribution in [0.1, 0.15) is 44.4 Å². The number of carbonyl (C=O) groups excluding carboxylic acids is 1. The van der Waals surface area contributed by atoms with Crippen LogP contribution in [0.4, 0.5) is 5.69 Å². The molecule has 0 unspecified atom stereocenters. The lowest BCUT2D eigenvalue weighted by molar-refractivity contribution is -0.142. The first-order valence-electron chi connectivity index (χ1n) is 6.21. The predicted molar refractivity (Wildman–Crippen MR) is 74.8 cm³/mol. The third kappa shape index (κ3) is 4.40. The lowest BCUT2D eigenvalue weighted by Gasteiger charge is -2.25. The standard InChI is InChI=1S/C15H23NO2/c1-10-7-13(9-18-12(3)17)8-11(2)14(10)16-15(4,5)6/h7-8,16H,9H2,1-6H3. The lowest BCUT2D eigenvalue weighted by Crippen LogP contribution is -2.27. The fourth-order valence-electron chi connectivity index (χ4n) is 1.89. The summed E-state index contributed by atoms with van der Waals surface area (Å²) in [5, 5.41) is 3.50. The molecule has 0 aliphatic heterocycles. The maximum absolute atomic E-state index is 10.8. The highest BCUT2D eigenvalue weighted by molar-refractivity contribution is 5.66. The van der Waals surface area contributed by atoms with Gasteiger partial charge in [-0.2, -0.15) is 0 Å². The highest BCUT2D eigenvalue weighted by Gasteiger charge is 2.13. The Kier molecular flexibility index (Phi) is 4.38. The van der Waals surface area contributed by atoms with Gasteiger partial charge in [0.25, 0.3) is 0 Å². The summed E-state index contributed by atoms with van der Waals surface area (Å²) in [6.45, 7) is 12.3. The Morgan fingerprint density at radius 1 is 1.22 bits per heavy atom. The van der Waals surface area contributed by atoms with E-state index in [-0.39, 0.29) is 11.5 Å². The van der Waals surface area contributed by atoms with E-state index >= 15 is 0 Å². The van der Waals surface area contributed by atoms with Crippen LogP contribution in [0.2, 0.25) is 0 Å². The van der Waals surface area contributed by atoms with Crippen LogP contribution in [0.5, 0.6) is 0 Å². The molecule has 0 spiro atoms. The van der Waals surface area contributed by atoms with Gasteiger partial charge in [-0.15, -0.1) is 0 Å². The molecule has 0 aliphatic rings. The van der Waals surface area contributed by atoms with E-state index in [4.69, 9.17) is 4.74 Å². The first-order valence-corrected chi connectivity index (χ1v) is 6.21. The second-order valence-electron chi connectivity index (χ2n) is 5.76. The molecule has 1 aromatic rings. The van der Waals surface area contributed by atoms with E-state index in [1.54, 1.807) is 0 Å². The monoisotopic (exact) mass is 249 g/mol. The number of anilines is 1. The maximum atomic E-state index is 10.8. The van der Waals surface area contributed by atoms with Crippen molar-refractivity contribution < 1.29 is 9.53 Å². The van der Waals surface area contributed by atoms with Gasteiger partial charge in [-0.25, -0.2) is 0 Å². The molecule has 0 heterocycles. The van der Waals surface area contributed by atoms with Crippen molar-refractivity contribution in [1.29, 1.82) is 0 Å². The van der Waals surface area contributed by atoms with Gasteiger partial charge in [0.05, 0.1) is 0 Å². The van der Waals surface area contributed by atoms with E-state index in [1.165, 1.54) is 18.1 Å². The lowest BCUT2D eigenvalue weighted by atomic mass is 10.0. The third-order valence-electron chi connectivity index (χ3n) is 2.53. The molecule has 0 atom stereocenters. The fourth-order valence-corrected chi connectivity index (χ4v) is 1.89. The molecule has 3 nitrogen and oxygen atoms in total. The zero-order chi connectivity index (χ0) is 13.9. The van der Waals surface area contributed by atoms with Crippen molar-refractivity contribution in [2.45, 2.75) is 53.7 Å². The van der Waals surface area contributed by atoms with E-state index in [2.05, 4.69) is 52.1 Å². The summed E-state index contributed by atoms with van der Waals surface area (Å²) in [5.41, 5.74) is 4.57. The van der Waals surface area contributed by atoms with E-state index in [1.807, 2.05) is 0 Å². The van der Waals surface area contributed by atoms with Crippen LogP contribution >= 0.6 is 0 Å². The molecular formula is C15H23NO2. The molecule has 3 heteroatoms. The Balaban J connectivity index is 2.94. The van der Waals surface area contributed by atoms with Crippen LogP contribution in [0.3, 0.4) is 0 Å². The van der Waals surface area contributed by atoms with Crippen molar-refractivity contribution in [3.05, 3.63) is 28.8 Å². The van der Waals surface area contributed by atoms with Gasteiger partial charge in [0.1, 0.15) is 6.61 Å². The topological polar surface area (TPSA) is 38.3 Å². The van der Waals surface area contributed by atoms with Crippen molar-refractivity contribution in [1.82, 2.24) is 0 Å². The molecule has 0 aromatic heterocycles. The van der Waals surface area contributed by atoms with Crippen LogP contribution in [0, 0.1) is 13.8 Å².